The van der Waals surface area contributed by atoms with Crippen molar-refractivity contribution in [1.29, 1.82) is 0 Å². The molecule has 7 heteroatoms. The minimum Gasteiger partial charge on any atom is -0.461 e. The summed E-state index contributed by atoms with van der Waals surface area (Å²) in [6.07, 6.45) is 1.53. The lowest BCUT2D eigenvalue weighted by Crippen LogP contribution is -2.11. The van der Waals surface area contributed by atoms with Gasteiger partial charge in [-0.1, -0.05) is 5.16 Å². The molecule has 6 nitrogen and oxygen atoms in total. The molecule has 4 aromatic rings. The van der Waals surface area contributed by atoms with E-state index in [0.717, 1.165) is 15.2 Å². The van der Waals surface area contributed by atoms with Gasteiger partial charge in [0.25, 0.3) is 5.91 Å². The quantitative estimate of drug-likeness (QED) is 0.613. The summed E-state index contributed by atoms with van der Waals surface area (Å²) in [7, 11) is 0. The summed E-state index contributed by atoms with van der Waals surface area (Å²) >= 11 is 1.58. The van der Waals surface area contributed by atoms with Gasteiger partial charge in [0.2, 0.25) is 5.76 Å². The summed E-state index contributed by atoms with van der Waals surface area (Å²) in [5, 5.41) is 7.57. The van der Waals surface area contributed by atoms with Crippen molar-refractivity contribution in [1.82, 2.24) is 10.1 Å². The average molecular weight is 325 g/mol. The number of thiazole rings is 1. The predicted molar refractivity (Wildman–Crippen MR) is 86.5 cm³/mol. The van der Waals surface area contributed by atoms with Crippen molar-refractivity contribution in [3.05, 3.63) is 53.4 Å². The van der Waals surface area contributed by atoms with Gasteiger partial charge in [0.15, 0.2) is 11.5 Å². The molecule has 114 valence electrons. The second kappa shape index (κ2) is 5.36. The molecule has 0 fully saturated rings. The summed E-state index contributed by atoms with van der Waals surface area (Å²) < 4.78 is 11.4. The second-order valence-corrected chi connectivity index (χ2v) is 6.16. The van der Waals surface area contributed by atoms with Gasteiger partial charge in [-0.15, -0.1) is 11.3 Å². The number of rotatable bonds is 3. The Morgan fingerprint density at radius 1 is 1.22 bits per heavy atom. The molecule has 0 saturated heterocycles. The van der Waals surface area contributed by atoms with Crippen LogP contribution in [0, 0.1) is 6.92 Å². The van der Waals surface area contributed by atoms with Crippen molar-refractivity contribution in [2.45, 2.75) is 6.92 Å². The number of anilines is 1. The topological polar surface area (TPSA) is 81.2 Å². The summed E-state index contributed by atoms with van der Waals surface area (Å²) in [6, 6.07) is 10.6. The Morgan fingerprint density at radius 3 is 2.96 bits per heavy atom. The van der Waals surface area contributed by atoms with Crippen LogP contribution in [-0.2, 0) is 0 Å². The molecule has 23 heavy (non-hydrogen) atoms. The van der Waals surface area contributed by atoms with Gasteiger partial charge in [0, 0.05) is 11.8 Å². The SMILES string of the molecule is Cc1nc2ccc(NC(=O)c3cc(-c4ccco4)on3)cc2s1. The zero-order valence-corrected chi connectivity index (χ0v) is 12.9. The van der Waals surface area contributed by atoms with Gasteiger partial charge in [-0.2, -0.15) is 0 Å². The molecule has 3 heterocycles. The zero-order chi connectivity index (χ0) is 15.8. The van der Waals surface area contributed by atoms with E-state index in [1.165, 1.54) is 6.26 Å². The van der Waals surface area contributed by atoms with Crippen molar-refractivity contribution < 1.29 is 13.7 Å². The van der Waals surface area contributed by atoms with E-state index in [2.05, 4.69) is 15.5 Å². The Hall–Kier alpha value is -2.93. The standard InChI is InChI=1S/C16H11N3O3S/c1-9-17-11-5-4-10(7-15(11)23-9)18-16(20)12-8-14(22-19-12)13-3-2-6-21-13/h2-8H,1H3,(H,18,20). The van der Waals surface area contributed by atoms with E-state index in [0.29, 0.717) is 17.2 Å². The van der Waals surface area contributed by atoms with Crippen LogP contribution in [-0.4, -0.2) is 16.0 Å². The Bertz CT molecular complexity index is 985. The Balaban J connectivity index is 1.56. The summed E-state index contributed by atoms with van der Waals surface area (Å²) in [6.45, 7) is 1.95. The van der Waals surface area contributed by atoms with E-state index in [1.54, 1.807) is 29.5 Å². The fourth-order valence-electron chi connectivity index (χ4n) is 2.23. The Morgan fingerprint density at radius 2 is 2.13 bits per heavy atom. The van der Waals surface area contributed by atoms with Gasteiger partial charge in [-0.25, -0.2) is 4.98 Å². The molecule has 0 unspecified atom stereocenters. The predicted octanol–water partition coefficient (Wildman–Crippen LogP) is 4.11. The van der Waals surface area contributed by atoms with Crippen LogP contribution in [0.15, 0.2) is 51.6 Å². The molecule has 0 aliphatic heterocycles. The van der Waals surface area contributed by atoms with Crippen LogP contribution in [0.1, 0.15) is 15.5 Å². The molecule has 0 bridgehead atoms. The third-order valence-electron chi connectivity index (χ3n) is 3.26. The molecule has 0 atom stereocenters. The van der Waals surface area contributed by atoms with Crippen LogP contribution < -0.4 is 5.32 Å². The van der Waals surface area contributed by atoms with Crippen LogP contribution in [0.5, 0.6) is 0 Å². The van der Waals surface area contributed by atoms with Crippen LogP contribution in [0.25, 0.3) is 21.7 Å². The smallest absolute Gasteiger partial charge is 0.277 e. The maximum absolute atomic E-state index is 12.3. The monoisotopic (exact) mass is 325 g/mol. The molecular weight excluding hydrogens is 314 g/mol. The highest BCUT2D eigenvalue weighted by molar-refractivity contribution is 7.18. The highest BCUT2D eigenvalue weighted by atomic mass is 32.1. The molecule has 0 saturated carbocycles. The van der Waals surface area contributed by atoms with E-state index in [-0.39, 0.29) is 11.6 Å². The van der Waals surface area contributed by atoms with Crippen LogP contribution in [0.2, 0.25) is 0 Å². The first kappa shape index (κ1) is 13.7. The van der Waals surface area contributed by atoms with E-state index >= 15 is 0 Å². The van der Waals surface area contributed by atoms with Crippen molar-refractivity contribution in [3.63, 3.8) is 0 Å². The first-order chi connectivity index (χ1) is 11.2. The normalized spacial score (nSPS) is 11.0. The van der Waals surface area contributed by atoms with E-state index in [1.807, 2.05) is 25.1 Å². The average Bonchev–Trinajstić information content (AvgIpc) is 3.26. The summed E-state index contributed by atoms with van der Waals surface area (Å²) in [5.41, 5.74) is 1.80. The molecule has 1 N–H and O–H groups in total. The number of benzene rings is 1. The number of aryl methyl sites for hydroxylation is 1. The van der Waals surface area contributed by atoms with Gasteiger partial charge in [0.1, 0.15) is 0 Å². The third kappa shape index (κ3) is 2.62. The van der Waals surface area contributed by atoms with Gasteiger partial charge in [-0.3, -0.25) is 4.79 Å². The lowest BCUT2D eigenvalue weighted by Gasteiger charge is -2.01. The molecule has 3 aromatic heterocycles. The second-order valence-electron chi connectivity index (χ2n) is 4.92. The van der Waals surface area contributed by atoms with Gasteiger partial charge >= 0.3 is 0 Å². The summed E-state index contributed by atoms with van der Waals surface area (Å²) in [5.74, 6) is 0.596. The van der Waals surface area contributed by atoms with Crippen molar-refractivity contribution in [2.24, 2.45) is 0 Å². The molecule has 4 rings (SSSR count). The molecular formula is C16H11N3O3S. The van der Waals surface area contributed by atoms with Crippen LogP contribution >= 0.6 is 11.3 Å². The highest BCUT2D eigenvalue weighted by Gasteiger charge is 2.15. The number of furan rings is 1. The molecule has 1 aromatic carbocycles. The largest absolute Gasteiger partial charge is 0.461 e. The number of aromatic nitrogens is 2. The summed E-state index contributed by atoms with van der Waals surface area (Å²) in [4.78, 5) is 16.7. The Labute approximate surface area is 134 Å². The van der Waals surface area contributed by atoms with Gasteiger partial charge in [0.05, 0.1) is 21.5 Å². The lowest BCUT2D eigenvalue weighted by molar-refractivity contribution is 0.101. The molecule has 0 spiro atoms. The number of hydrogen-bond acceptors (Lipinski definition) is 6. The third-order valence-corrected chi connectivity index (χ3v) is 4.19. The number of carbonyl (C=O) groups excluding carboxylic acids is 1. The maximum Gasteiger partial charge on any atom is 0.277 e. The highest BCUT2D eigenvalue weighted by Crippen LogP contribution is 2.25. The van der Waals surface area contributed by atoms with E-state index in [4.69, 9.17) is 8.94 Å². The van der Waals surface area contributed by atoms with Crippen LogP contribution in [0.4, 0.5) is 5.69 Å². The minimum atomic E-state index is -0.341. The van der Waals surface area contributed by atoms with Crippen molar-refractivity contribution >= 4 is 33.1 Å². The fraction of sp³-hybridized carbons (Fsp3) is 0.0625. The first-order valence-corrected chi connectivity index (χ1v) is 7.70. The first-order valence-electron chi connectivity index (χ1n) is 6.88. The van der Waals surface area contributed by atoms with Crippen molar-refractivity contribution in [3.8, 4) is 11.5 Å². The van der Waals surface area contributed by atoms with Crippen molar-refractivity contribution in [2.75, 3.05) is 5.32 Å². The maximum atomic E-state index is 12.3. The number of carbonyl (C=O) groups is 1. The number of nitrogens with one attached hydrogen (secondary N) is 1. The molecule has 0 aliphatic rings. The van der Waals surface area contributed by atoms with E-state index < -0.39 is 0 Å². The molecule has 0 radical (unpaired) electrons. The zero-order valence-electron chi connectivity index (χ0n) is 12.1. The molecule has 0 aliphatic carbocycles. The fourth-order valence-corrected chi connectivity index (χ4v) is 3.10. The number of hydrogen-bond donors (Lipinski definition) is 1. The van der Waals surface area contributed by atoms with Gasteiger partial charge < -0.3 is 14.3 Å². The number of amides is 1. The van der Waals surface area contributed by atoms with E-state index in [9.17, 15) is 4.79 Å². The number of fused-ring (bicyclic) bond motifs is 1. The molecule has 1 amide bonds. The van der Waals surface area contributed by atoms with Gasteiger partial charge in [-0.05, 0) is 37.3 Å². The number of nitrogens with zero attached hydrogens (tertiary/aromatic N) is 2. The lowest BCUT2D eigenvalue weighted by atomic mass is 10.2. The minimum absolute atomic E-state index is 0.192. The van der Waals surface area contributed by atoms with Crippen LogP contribution in [0.3, 0.4) is 0 Å². The Kier molecular flexibility index (Phi) is 3.20.